The van der Waals surface area contributed by atoms with Gasteiger partial charge >= 0.3 is 30.4 Å². The average molecular weight is 1130 g/mol. The number of aromatic nitrogens is 5. The third kappa shape index (κ3) is 11.5. The molecule has 3 heterocycles. The zero-order valence-corrected chi connectivity index (χ0v) is 41.0. The van der Waals surface area contributed by atoms with Crippen LogP contribution in [0.2, 0.25) is 5.02 Å². The van der Waals surface area contributed by atoms with E-state index in [1.807, 2.05) is 0 Å². The van der Waals surface area contributed by atoms with Crippen molar-refractivity contribution in [3.8, 4) is 23.0 Å². The summed E-state index contributed by atoms with van der Waals surface area (Å²) in [4.78, 5) is 55.4. The minimum atomic E-state index is -5.27. The first-order chi connectivity index (χ1) is 34.4. The molecule has 4 atom stereocenters. The van der Waals surface area contributed by atoms with E-state index in [0.717, 1.165) is 42.7 Å². The normalized spacial score (nSPS) is 17.1. The minimum absolute atomic E-state index is 0.0756. The van der Waals surface area contributed by atoms with Gasteiger partial charge in [0.1, 0.15) is 40.9 Å². The molecule has 3 N–H and O–H groups in total. The number of nitrogens with one attached hydrogen (secondary N) is 1. The molecule has 0 radical (unpaired) electrons. The van der Waals surface area contributed by atoms with Gasteiger partial charge in [0, 0.05) is 34.9 Å². The van der Waals surface area contributed by atoms with Crippen molar-refractivity contribution < 1.29 is 94.9 Å². The molecule has 31 heteroatoms. The molecule has 5 aromatic rings. The Labute approximate surface area is 421 Å². The summed E-state index contributed by atoms with van der Waals surface area (Å²) in [6, 6.07) is 4.05. The van der Waals surface area contributed by atoms with E-state index in [4.69, 9.17) is 11.6 Å². The summed E-state index contributed by atoms with van der Waals surface area (Å²) in [7, 11) is -9.14. The van der Waals surface area contributed by atoms with Gasteiger partial charge in [0.15, 0.2) is 21.3 Å². The van der Waals surface area contributed by atoms with E-state index in [9.17, 15) is 81.4 Å². The number of carbonyl (C=O) groups is 4. The number of hydrogen-bond acceptors (Lipinski definition) is 12. The number of sulfonamides is 1. The largest absolute Gasteiger partial charge is 0.481 e. The Hall–Kier alpha value is -7.00. The van der Waals surface area contributed by atoms with Gasteiger partial charge in [-0.15, -0.1) is 0 Å². The maximum Gasteiger partial charge on any atom is 0.435 e. The van der Waals surface area contributed by atoms with Gasteiger partial charge in [-0.2, -0.15) is 49.6 Å². The number of benzene rings is 2. The number of amides is 2. The predicted octanol–water partition coefficient (Wildman–Crippen LogP) is 7.12. The van der Waals surface area contributed by atoms with Gasteiger partial charge in [-0.3, -0.25) is 19.0 Å². The van der Waals surface area contributed by atoms with E-state index in [-0.39, 0.29) is 27.0 Å². The second-order valence-corrected chi connectivity index (χ2v) is 22.7. The number of ether oxygens (including phenoxy) is 1. The molecule has 2 aromatic carbocycles. The number of halogens is 11. The Kier molecular flexibility index (Phi) is 14.3. The van der Waals surface area contributed by atoms with E-state index in [1.54, 1.807) is 0 Å². The zero-order valence-electron chi connectivity index (χ0n) is 38.6. The van der Waals surface area contributed by atoms with E-state index in [1.165, 1.54) is 13.8 Å². The highest BCUT2D eigenvalue weighted by atomic mass is 35.5. The van der Waals surface area contributed by atoms with Crippen molar-refractivity contribution in [3.05, 3.63) is 93.0 Å². The molecule has 75 heavy (non-hydrogen) atoms. The molecule has 3 aromatic heterocycles. The molecule has 1 fully saturated rings. The van der Waals surface area contributed by atoms with Crippen molar-refractivity contribution in [2.24, 2.45) is 5.92 Å². The lowest BCUT2D eigenvalue weighted by Gasteiger charge is -2.23. The highest BCUT2D eigenvalue weighted by Gasteiger charge is 2.68. The maximum absolute atomic E-state index is 15.6. The molecule has 0 saturated heterocycles. The Morgan fingerprint density at radius 1 is 0.947 bits per heavy atom. The molecule has 402 valence electrons. The van der Waals surface area contributed by atoms with Crippen LogP contribution < -0.4 is 9.62 Å². The number of sulfone groups is 1. The summed E-state index contributed by atoms with van der Waals surface area (Å²) in [5.41, 5.74) is -6.77. The van der Waals surface area contributed by atoms with Crippen LogP contribution >= 0.6 is 11.6 Å². The van der Waals surface area contributed by atoms with Crippen LogP contribution in [0.25, 0.3) is 22.0 Å². The van der Waals surface area contributed by atoms with Crippen molar-refractivity contribution in [1.29, 1.82) is 0 Å². The van der Waals surface area contributed by atoms with Crippen LogP contribution in [0.4, 0.5) is 54.5 Å². The molecular formula is C44H36ClF10N7O11S2. The second kappa shape index (κ2) is 19.3. The van der Waals surface area contributed by atoms with Gasteiger partial charge in [-0.25, -0.2) is 40.2 Å². The summed E-state index contributed by atoms with van der Waals surface area (Å²) < 4.78 is 202. The van der Waals surface area contributed by atoms with Crippen molar-refractivity contribution in [2.75, 3.05) is 16.8 Å². The lowest BCUT2D eigenvalue weighted by molar-refractivity contribution is -0.152. The first kappa shape index (κ1) is 55.7. The number of hydrogen-bond donors (Lipinski definition) is 3. The van der Waals surface area contributed by atoms with Crippen molar-refractivity contribution in [3.63, 3.8) is 0 Å². The molecule has 2 aliphatic rings. The number of carboxylic acids is 2. The molecule has 1 saturated carbocycles. The van der Waals surface area contributed by atoms with Crippen molar-refractivity contribution in [1.82, 2.24) is 29.9 Å². The van der Waals surface area contributed by atoms with Crippen molar-refractivity contribution in [2.45, 2.75) is 87.3 Å². The lowest BCUT2D eigenvalue weighted by atomic mass is 9.93. The molecule has 18 nitrogen and oxygen atoms in total. The second-order valence-electron chi connectivity index (χ2n) is 17.9. The SMILES string of the molecule is CC(C)(C#Cc1ccc(-c2ccc(Cl)c3c(N(C(=O)OC(CC(=O)O)C(=O)O)S(C)(=O)=O)nn(CC(F)(F)F)c23)c(C(Cc2cc(F)cc(F)c2)NC(=O)Cn2nc(C(F)(F)F)c3c2C(F)(F)[C@@H]2C[C@H]32)n1)S(C)(=O)=O. The fourth-order valence-corrected chi connectivity index (χ4v) is 9.52. The number of carboxylic acid groups (broad SMARTS) is 2. The van der Waals surface area contributed by atoms with Crippen LogP contribution in [0.5, 0.6) is 0 Å². The Bertz CT molecular complexity index is 3500. The fraction of sp³-hybridized carbons (Fsp3) is 0.386. The Morgan fingerprint density at radius 2 is 1.57 bits per heavy atom. The number of fused-ring (bicyclic) bond motifs is 4. The maximum atomic E-state index is 15.6. The minimum Gasteiger partial charge on any atom is -0.481 e. The monoisotopic (exact) mass is 1130 g/mol. The molecule has 0 bridgehead atoms. The summed E-state index contributed by atoms with van der Waals surface area (Å²) in [6.45, 7) is -1.12. The van der Waals surface area contributed by atoms with Gasteiger partial charge in [0.05, 0.1) is 40.3 Å². The van der Waals surface area contributed by atoms with Gasteiger partial charge in [0.2, 0.25) is 22.0 Å². The number of carbonyl (C=O) groups excluding carboxylic acids is 2. The van der Waals surface area contributed by atoms with E-state index in [0.29, 0.717) is 12.3 Å². The van der Waals surface area contributed by atoms with Crippen LogP contribution in [-0.2, 0) is 70.6 Å². The quantitative estimate of drug-likeness (QED) is 0.0698. The van der Waals surface area contributed by atoms with E-state index >= 15 is 8.78 Å². The van der Waals surface area contributed by atoms with Crippen LogP contribution in [0.15, 0.2) is 42.5 Å². The number of pyridine rings is 1. The molecule has 0 spiro atoms. The summed E-state index contributed by atoms with van der Waals surface area (Å²) in [5, 5.41) is 26.6. The van der Waals surface area contributed by atoms with Crippen LogP contribution in [0.1, 0.15) is 72.6 Å². The van der Waals surface area contributed by atoms with Crippen molar-refractivity contribution >= 4 is 72.1 Å². The highest BCUT2D eigenvalue weighted by molar-refractivity contribution is 7.93. The Balaban J connectivity index is 1.49. The van der Waals surface area contributed by atoms with Crippen LogP contribution in [-0.4, -0.2) is 105 Å². The lowest BCUT2D eigenvalue weighted by Crippen LogP contribution is -2.41. The van der Waals surface area contributed by atoms with Gasteiger partial charge in [-0.05, 0) is 74.4 Å². The Morgan fingerprint density at radius 3 is 2.13 bits per heavy atom. The highest BCUT2D eigenvalue weighted by Crippen LogP contribution is 2.68. The molecular weight excluding hydrogens is 1090 g/mol. The number of anilines is 1. The third-order valence-electron chi connectivity index (χ3n) is 11.9. The van der Waals surface area contributed by atoms with Gasteiger partial charge < -0.3 is 20.3 Å². The summed E-state index contributed by atoms with van der Waals surface area (Å²) >= 11 is 6.54. The molecule has 0 aliphatic heterocycles. The fourth-order valence-electron chi connectivity index (χ4n) is 8.29. The molecule has 2 aliphatic carbocycles. The number of aliphatic carboxylic acids is 2. The standard InChI is InChI=1S/C44H36ClF10N7O11S2/c1-41(2,74(3,69)70)10-9-22-5-6-23(24-7-8-27(45)33-35(24)61(18-42(48,49)50)59-38(33)62(75(4,71)72)40(68)73-29(39(66)67)16-31(64)65)34(56-22)28(13-19-11-20(46)14-21(47)12-19)57-30(63)17-60-37-32(36(58-60)44(53,54)55)25-15-26(25)43(37,51)52/h5-8,11-12,14,25-26,28-29H,13,15-18H2,1-4H3,(H,57,63)(H,64,65)(H,66,67)/t25-,26+,28?,29?/m0/s1. The molecule has 7 rings (SSSR count). The first-order valence-corrected chi connectivity index (χ1v) is 25.5. The summed E-state index contributed by atoms with van der Waals surface area (Å²) in [5.74, 6) is -10.7. The van der Waals surface area contributed by atoms with Crippen LogP contribution in [0.3, 0.4) is 0 Å². The zero-order chi connectivity index (χ0) is 55.9. The predicted molar refractivity (Wildman–Crippen MR) is 240 cm³/mol. The first-order valence-electron chi connectivity index (χ1n) is 21.4. The average Bonchev–Trinajstić information content (AvgIpc) is 3.76. The van der Waals surface area contributed by atoms with Crippen LogP contribution in [0, 0.1) is 29.4 Å². The smallest absolute Gasteiger partial charge is 0.435 e. The number of nitrogens with zero attached hydrogens (tertiary/aromatic N) is 6. The topological polar surface area (TPSA) is 250 Å². The van der Waals surface area contributed by atoms with E-state index < -0.39 is 188 Å². The van der Waals surface area contributed by atoms with Gasteiger partial charge in [-0.1, -0.05) is 23.6 Å². The molecule has 2 unspecified atom stereocenters. The third-order valence-corrected chi connectivity index (χ3v) is 15.1. The number of alkyl halides is 8. The van der Waals surface area contributed by atoms with Gasteiger partial charge in [0.25, 0.3) is 5.92 Å². The van der Waals surface area contributed by atoms with E-state index in [2.05, 4.69) is 37.1 Å². The summed E-state index contributed by atoms with van der Waals surface area (Å²) in [6.07, 6.45) is -16.7. The molecule has 2 amide bonds. The number of rotatable bonds is 15.